The van der Waals surface area contributed by atoms with Crippen molar-refractivity contribution < 1.29 is 35.0 Å². The van der Waals surface area contributed by atoms with E-state index in [1.807, 2.05) is 0 Å². The van der Waals surface area contributed by atoms with Gasteiger partial charge in [0.05, 0.1) is 12.0 Å². The highest BCUT2D eigenvalue weighted by Crippen LogP contribution is 2.26. The fraction of sp³-hybridized carbons (Fsp3) is 0.0435. The second-order valence-corrected chi connectivity index (χ2v) is 8.55. The second kappa shape index (κ2) is 9.24. The van der Waals surface area contributed by atoms with E-state index < -0.39 is 39.3 Å². The summed E-state index contributed by atoms with van der Waals surface area (Å²) in [5.41, 5.74) is 0.345. The molecule has 4 rings (SSSR count). The van der Waals surface area contributed by atoms with Gasteiger partial charge in [0.2, 0.25) is 5.91 Å². The fourth-order valence-electron chi connectivity index (χ4n) is 3.31. The third-order valence-corrected chi connectivity index (χ3v) is 5.23. The molecule has 0 unspecified atom stereocenters. The smallest absolute Gasteiger partial charge is 0.380 e. The van der Waals surface area contributed by atoms with Crippen molar-refractivity contribution in [1.82, 2.24) is 0 Å². The number of halogens is 3. The van der Waals surface area contributed by atoms with Crippen LogP contribution >= 0.6 is 0 Å². The van der Waals surface area contributed by atoms with Gasteiger partial charge in [0.25, 0.3) is 0 Å². The maximum atomic E-state index is 13.3. The van der Waals surface area contributed by atoms with Crippen LogP contribution in [0.3, 0.4) is 0 Å². The monoisotopic (exact) mass is 504 g/mol. The van der Waals surface area contributed by atoms with Crippen molar-refractivity contribution in [1.29, 1.82) is 0 Å². The third kappa shape index (κ3) is 5.67. The number of anilines is 1. The topological polar surface area (TPSA) is 129 Å². The molecule has 0 bridgehead atoms. The minimum atomic E-state index is -4.24. The average Bonchev–Trinajstić information content (AvgIpc) is 2.76. The quantitative estimate of drug-likeness (QED) is 0.305. The van der Waals surface area contributed by atoms with Crippen molar-refractivity contribution in [2.24, 2.45) is 5.14 Å². The third-order valence-electron chi connectivity index (χ3n) is 4.81. The summed E-state index contributed by atoms with van der Waals surface area (Å²) in [5, 5.41) is 7.85. The van der Waals surface area contributed by atoms with Gasteiger partial charge in [-0.3, -0.25) is 4.79 Å². The highest BCUT2D eigenvalue weighted by molar-refractivity contribution is 7.84. The van der Waals surface area contributed by atoms with E-state index in [0.29, 0.717) is 16.6 Å². The van der Waals surface area contributed by atoms with Crippen molar-refractivity contribution in [3.8, 4) is 16.9 Å². The Kier molecular flexibility index (Phi) is 6.33. The lowest BCUT2D eigenvalue weighted by Gasteiger charge is -2.08. The molecule has 3 aromatic carbocycles. The van der Waals surface area contributed by atoms with E-state index in [9.17, 15) is 31.2 Å². The Morgan fingerprint density at radius 3 is 2.26 bits per heavy atom. The molecule has 0 fully saturated rings. The van der Waals surface area contributed by atoms with Gasteiger partial charge in [-0.2, -0.15) is 13.6 Å². The van der Waals surface area contributed by atoms with E-state index in [1.165, 1.54) is 36.4 Å². The molecule has 3 N–H and O–H groups in total. The number of hydrogen-bond acceptors (Lipinski definition) is 6. The van der Waals surface area contributed by atoms with Gasteiger partial charge in [0, 0.05) is 17.1 Å². The standard InChI is InChI=1S/C23H15F3N2O6S/c24-18-7-12(8-19(25)22(18)26)9-21(29)28-15-4-1-13(2-5-15)17-10-14-3-6-16(34-35(27,31)32)11-20(14)33-23(17)30/h1-8,10-11H,9H2,(H,28,29)(H2,27,31,32). The summed E-state index contributed by atoms with van der Waals surface area (Å²) in [5.74, 6) is -5.10. The summed E-state index contributed by atoms with van der Waals surface area (Å²) in [6.07, 6.45) is -0.388. The van der Waals surface area contributed by atoms with Gasteiger partial charge in [-0.25, -0.2) is 18.0 Å². The van der Waals surface area contributed by atoms with Crippen molar-refractivity contribution in [3.05, 3.63) is 94.1 Å². The van der Waals surface area contributed by atoms with E-state index >= 15 is 0 Å². The van der Waals surface area contributed by atoms with Crippen LogP contribution < -0.4 is 20.3 Å². The van der Waals surface area contributed by atoms with Crippen LogP contribution in [-0.2, 0) is 21.5 Å². The number of carbonyl (C=O) groups is 1. The first kappa shape index (κ1) is 24.0. The first-order valence-corrected chi connectivity index (χ1v) is 11.3. The molecule has 180 valence electrons. The zero-order valence-electron chi connectivity index (χ0n) is 17.5. The van der Waals surface area contributed by atoms with E-state index in [-0.39, 0.29) is 28.9 Å². The Bertz CT molecular complexity index is 1600. The molecule has 0 saturated carbocycles. The summed E-state index contributed by atoms with van der Waals surface area (Å²) in [7, 11) is -4.24. The van der Waals surface area contributed by atoms with Gasteiger partial charge in [-0.05, 0) is 53.6 Å². The van der Waals surface area contributed by atoms with E-state index in [4.69, 9.17) is 9.56 Å². The predicted molar refractivity (Wildman–Crippen MR) is 120 cm³/mol. The molecular weight excluding hydrogens is 489 g/mol. The molecule has 35 heavy (non-hydrogen) atoms. The summed E-state index contributed by atoms with van der Waals surface area (Å²) in [4.78, 5) is 24.7. The molecular formula is C23H15F3N2O6S. The van der Waals surface area contributed by atoms with E-state index in [2.05, 4.69) is 9.50 Å². The molecule has 0 saturated heterocycles. The largest absolute Gasteiger partial charge is 0.422 e. The van der Waals surface area contributed by atoms with Gasteiger partial charge in [0.1, 0.15) is 11.3 Å². The molecule has 0 spiro atoms. The van der Waals surface area contributed by atoms with Crippen LogP contribution in [0.2, 0.25) is 0 Å². The normalized spacial score (nSPS) is 11.4. The molecule has 1 heterocycles. The number of nitrogens with one attached hydrogen (secondary N) is 1. The van der Waals surface area contributed by atoms with Crippen LogP contribution in [0.4, 0.5) is 18.9 Å². The first-order valence-electron chi connectivity index (χ1n) is 9.82. The lowest BCUT2D eigenvalue weighted by Crippen LogP contribution is -2.18. The number of amides is 1. The number of rotatable bonds is 6. The number of benzene rings is 3. The van der Waals surface area contributed by atoms with Gasteiger partial charge in [-0.1, -0.05) is 12.1 Å². The van der Waals surface area contributed by atoms with Crippen molar-refractivity contribution in [3.63, 3.8) is 0 Å². The minimum Gasteiger partial charge on any atom is -0.422 e. The maximum absolute atomic E-state index is 13.3. The predicted octanol–water partition coefficient (Wildman–Crippen LogP) is 3.64. The number of fused-ring (bicyclic) bond motifs is 1. The van der Waals surface area contributed by atoms with Crippen LogP contribution in [0.15, 0.2) is 69.9 Å². The zero-order valence-corrected chi connectivity index (χ0v) is 18.4. The summed E-state index contributed by atoms with van der Waals surface area (Å²) < 4.78 is 71.6. The first-order chi connectivity index (χ1) is 16.5. The van der Waals surface area contributed by atoms with Gasteiger partial charge in [-0.15, -0.1) is 0 Å². The highest BCUT2D eigenvalue weighted by Gasteiger charge is 2.14. The molecule has 0 aliphatic heterocycles. The Morgan fingerprint density at radius 2 is 1.63 bits per heavy atom. The van der Waals surface area contributed by atoms with Crippen molar-refractivity contribution in [2.75, 3.05) is 5.32 Å². The van der Waals surface area contributed by atoms with Gasteiger partial charge < -0.3 is 13.9 Å². The Labute approximate surface area is 196 Å². The summed E-state index contributed by atoms with van der Waals surface area (Å²) in [6, 6.07) is 13.2. The molecule has 0 aliphatic rings. The maximum Gasteiger partial charge on any atom is 0.380 e. The Morgan fingerprint density at radius 1 is 0.971 bits per heavy atom. The molecule has 0 radical (unpaired) electrons. The zero-order chi connectivity index (χ0) is 25.3. The SMILES string of the molecule is NS(=O)(=O)Oc1ccc2cc(-c3ccc(NC(=O)Cc4cc(F)c(F)c(F)c4)cc3)c(=O)oc2c1. The van der Waals surface area contributed by atoms with Crippen LogP contribution in [0.1, 0.15) is 5.56 Å². The van der Waals surface area contributed by atoms with Gasteiger partial charge >= 0.3 is 15.9 Å². The minimum absolute atomic E-state index is 0.0399. The molecule has 8 nitrogen and oxygen atoms in total. The number of nitrogens with two attached hydrogens (primary N) is 1. The fourth-order valence-corrected chi connectivity index (χ4v) is 3.68. The number of hydrogen-bond donors (Lipinski definition) is 2. The van der Waals surface area contributed by atoms with Crippen LogP contribution in [0.5, 0.6) is 5.75 Å². The molecule has 0 atom stereocenters. The molecule has 1 amide bonds. The van der Waals surface area contributed by atoms with E-state index in [0.717, 1.165) is 12.1 Å². The average molecular weight is 504 g/mol. The molecule has 4 aromatic rings. The van der Waals surface area contributed by atoms with Crippen molar-refractivity contribution in [2.45, 2.75) is 6.42 Å². The van der Waals surface area contributed by atoms with Gasteiger partial charge in [0.15, 0.2) is 17.5 Å². The highest BCUT2D eigenvalue weighted by atomic mass is 32.2. The molecule has 0 aliphatic carbocycles. The molecule has 1 aromatic heterocycles. The number of carbonyl (C=O) groups excluding carboxylic acids is 1. The summed E-state index contributed by atoms with van der Waals surface area (Å²) in [6.45, 7) is 0. The Hall–Kier alpha value is -4.16. The van der Waals surface area contributed by atoms with Crippen molar-refractivity contribution >= 4 is 32.9 Å². The van der Waals surface area contributed by atoms with Crippen LogP contribution in [-0.4, -0.2) is 14.3 Å². The van der Waals surface area contributed by atoms with Crippen LogP contribution in [0.25, 0.3) is 22.1 Å². The molecule has 12 heteroatoms. The summed E-state index contributed by atoms with van der Waals surface area (Å²) >= 11 is 0. The lowest BCUT2D eigenvalue weighted by molar-refractivity contribution is -0.115. The lowest BCUT2D eigenvalue weighted by atomic mass is 10.1. The van der Waals surface area contributed by atoms with E-state index in [1.54, 1.807) is 12.1 Å². The second-order valence-electron chi connectivity index (χ2n) is 7.40. The Balaban J connectivity index is 1.51. The van der Waals surface area contributed by atoms with Crippen LogP contribution in [0, 0.1) is 17.5 Å².